The average Bonchev–Trinajstić information content (AvgIpc) is 2.36. The summed E-state index contributed by atoms with van der Waals surface area (Å²) >= 11 is 0. The monoisotopic (exact) mass is 260 g/mol. The van der Waals surface area contributed by atoms with Crippen molar-refractivity contribution in [3.63, 3.8) is 0 Å². The van der Waals surface area contributed by atoms with E-state index in [-0.39, 0.29) is 18.6 Å². The molecular formula is C12H14F2O4. The number of esters is 1. The first-order valence-corrected chi connectivity index (χ1v) is 5.25. The maximum Gasteiger partial charge on any atom is 0.387 e. The predicted molar refractivity (Wildman–Crippen MR) is 60.0 cm³/mol. The third-order valence-electron chi connectivity index (χ3n) is 2.32. The van der Waals surface area contributed by atoms with E-state index < -0.39 is 12.6 Å². The van der Waals surface area contributed by atoms with E-state index in [4.69, 9.17) is 4.74 Å². The molecule has 1 aromatic rings. The summed E-state index contributed by atoms with van der Waals surface area (Å²) in [5.41, 5.74) is 0.501. The third-order valence-corrected chi connectivity index (χ3v) is 2.32. The van der Waals surface area contributed by atoms with Crippen LogP contribution in [0.4, 0.5) is 8.78 Å². The fraction of sp³-hybridized carbons (Fsp3) is 0.417. The molecule has 18 heavy (non-hydrogen) atoms. The molecule has 4 nitrogen and oxygen atoms in total. The number of aryl methyl sites for hydroxylation is 1. The van der Waals surface area contributed by atoms with Gasteiger partial charge in [-0.25, -0.2) is 0 Å². The highest BCUT2D eigenvalue weighted by Gasteiger charge is 2.12. The number of alkyl halides is 2. The van der Waals surface area contributed by atoms with Crippen LogP contribution in [-0.4, -0.2) is 26.8 Å². The molecule has 0 heterocycles. The minimum absolute atomic E-state index is 0.00764. The topological polar surface area (TPSA) is 44.8 Å². The van der Waals surface area contributed by atoms with Crippen molar-refractivity contribution < 1.29 is 27.8 Å². The van der Waals surface area contributed by atoms with E-state index in [0.29, 0.717) is 11.3 Å². The van der Waals surface area contributed by atoms with Crippen LogP contribution >= 0.6 is 0 Å². The van der Waals surface area contributed by atoms with Gasteiger partial charge in [0.2, 0.25) is 0 Å². The lowest BCUT2D eigenvalue weighted by Crippen LogP contribution is -2.07. The lowest BCUT2D eigenvalue weighted by atomic mass is 10.1. The van der Waals surface area contributed by atoms with Crippen molar-refractivity contribution in [1.29, 1.82) is 0 Å². The Labute approximate surface area is 103 Å². The van der Waals surface area contributed by atoms with Gasteiger partial charge in [-0.3, -0.25) is 4.79 Å². The van der Waals surface area contributed by atoms with Gasteiger partial charge in [0, 0.05) is 12.5 Å². The van der Waals surface area contributed by atoms with Gasteiger partial charge >= 0.3 is 12.6 Å². The first-order valence-electron chi connectivity index (χ1n) is 5.25. The van der Waals surface area contributed by atoms with Gasteiger partial charge < -0.3 is 14.2 Å². The van der Waals surface area contributed by atoms with Gasteiger partial charge in [-0.15, -0.1) is 0 Å². The van der Waals surface area contributed by atoms with Crippen LogP contribution in [0.5, 0.6) is 11.5 Å². The molecule has 0 aromatic heterocycles. The van der Waals surface area contributed by atoms with Gasteiger partial charge in [0.25, 0.3) is 0 Å². The Balaban J connectivity index is 2.84. The Morgan fingerprint density at radius 1 is 1.33 bits per heavy atom. The Morgan fingerprint density at radius 3 is 2.61 bits per heavy atom. The third kappa shape index (κ3) is 4.20. The van der Waals surface area contributed by atoms with Crippen molar-refractivity contribution >= 4 is 5.97 Å². The van der Waals surface area contributed by atoms with Crippen molar-refractivity contribution in [2.75, 3.05) is 14.2 Å². The van der Waals surface area contributed by atoms with Crippen LogP contribution in [0.2, 0.25) is 0 Å². The number of carbonyl (C=O) groups excluding carboxylic acids is 1. The van der Waals surface area contributed by atoms with Gasteiger partial charge in [0.1, 0.15) is 11.5 Å². The molecule has 0 saturated carbocycles. The lowest BCUT2D eigenvalue weighted by Gasteiger charge is -2.11. The van der Waals surface area contributed by atoms with Crippen molar-refractivity contribution in [3.05, 3.63) is 23.8 Å². The molecule has 0 atom stereocenters. The molecule has 0 aliphatic rings. The minimum atomic E-state index is -2.92. The molecular weight excluding hydrogens is 246 g/mol. The zero-order valence-electron chi connectivity index (χ0n) is 10.1. The van der Waals surface area contributed by atoms with E-state index in [9.17, 15) is 13.6 Å². The maximum atomic E-state index is 12.2. The molecule has 0 bridgehead atoms. The number of benzene rings is 1. The summed E-state index contributed by atoms with van der Waals surface area (Å²) in [6, 6.07) is 4.56. The summed E-state index contributed by atoms with van der Waals surface area (Å²) in [4.78, 5) is 11.0. The van der Waals surface area contributed by atoms with Crippen LogP contribution < -0.4 is 9.47 Å². The van der Waals surface area contributed by atoms with Gasteiger partial charge in [0.05, 0.1) is 14.2 Å². The molecule has 0 N–H and O–H groups in total. The summed E-state index contributed by atoms with van der Waals surface area (Å²) in [6.45, 7) is -2.92. The Kier molecular flexibility index (Phi) is 5.35. The summed E-state index contributed by atoms with van der Waals surface area (Å²) in [6.07, 6.45) is 0.362. The SMILES string of the molecule is COC(=O)CCc1ccc(OC)cc1OC(F)F. The minimum Gasteiger partial charge on any atom is -0.497 e. The number of ether oxygens (including phenoxy) is 3. The standard InChI is InChI=1S/C12H14F2O4/c1-16-9-5-3-8(4-6-11(15)17-2)10(7-9)18-12(13)14/h3,5,7,12H,4,6H2,1-2H3. The number of rotatable bonds is 6. The van der Waals surface area contributed by atoms with Crippen LogP contribution in [0, 0.1) is 0 Å². The molecule has 0 spiro atoms. The van der Waals surface area contributed by atoms with Crippen LogP contribution in [0.1, 0.15) is 12.0 Å². The molecule has 6 heteroatoms. The number of methoxy groups -OCH3 is 2. The second kappa shape index (κ2) is 6.78. The fourth-order valence-electron chi connectivity index (χ4n) is 1.41. The Hall–Kier alpha value is -1.85. The van der Waals surface area contributed by atoms with Crippen molar-refractivity contribution in [1.82, 2.24) is 0 Å². The Bertz CT molecular complexity index is 407. The van der Waals surface area contributed by atoms with Gasteiger partial charge in [-0.05, 0) is 18.1 Å². The van der Waals surface area contributed by atoms with Gasteiger partial charge in [-0.2, -0.15) is 8.78 Å². The largest absolute Gasteiger partial charge is 0.497 e. The number of carbonyl (C=O) groups is 1. The van der Waals surface area contributed by atoms with E-state index in [0.717, 1.165) is 0 Å². The normalized spacial score (nSPS) is 10.3. The molecule has 0 unspecified atom stereocenters. The van der Waals surface area contributed by atoms with Crippen molar-refractivity contribution in [2.45, 2.75) is 19.5 Å². The van der Waals surface area contributed by atoms with Gasteiger partial charge in [-0.1, -0.05) is 6.07 Å². The number of hydrogen-bond acceptors (Lipinski definition) is 4. The highest BCUT2D eigenvalue weighted by Crippen LogP contribution is 2.27. The number of halogens is 2. The molecule has 0 radical (unpaired) electrons. The van der Waals surface area contributed by atoms with E-state index >= 15 is 0 Å². The van der Waals surface area contributed by atoms with Gasteiger partial charge in [0.15, 0.2) is 0 Å². The lowest BCUT2D eigenvalue weighted by molar-refractivity contribution is -0.140. The second-order valence-electron chi connectivity index (χ2n) is 3.43. The number of hydrogen-bond donors (Lipinski definition) is 0. The molecule has 0 amide bonds. The molecule has 0 aliphatic heterocycles. The summed E-state index contributed by atoms with van der Waals surface area (Å²) in [5, 5.41) is 0. The first-order chi connectivity index (χ1) is 8.56. The summed E-state index contributed by atoms with van der Waals surface area (Å²) in [7, 11) is 2.70. The van der Waals surface area contributed by atoms with Crippen LogP contribution in [0.3, 0.4) is 0 Å². The molecule has 1 aromatic carbocycles. The predicted octanol–water partition coefficient (Wildman–Crippen LogP) is 2.40. The smallest absolute Gasteiger partial charge is 0.387 e. The van der Waals surface area contributed by atoms with Crippen LogP contribution in [0.25, 0.3) is 0 Å². The van der Waals surface area contributed by atoms with E-state index in [2.05, 4.69) is 9.47 Å². The fourth-order valence-corrected chi connectivity index (χ4v) is 1.41. The molecule has 0 saturated heterocycles. The van der Waals surface area contributed by atoms with E-state index in [1.165, 1.54) is 20.3 Å². The maximum absolute atomic E-state index is 12.2. The highest BCUT2D eigenvalue weighted by molar-refractivity contribution is 5.69. The van der Waals surface area contributed by atoms with E-state index in [1.807, 2.05) is 0 Å². The van der Waals surface area contributed by atoms with Crippen LogP contribution in [0.15, 0.2) is 18.2 Å². The Morgan fingerprint density at radius 2 is 2.06 bits per heavy atom. The zero-order chi connectivity index (χ0) is 13.5. The first kappa shape index (κ1) is 14.2. The van der Waals surface area contributed by atoms with Crippen molar-refractivity contribution in [2.24, 2.45) is 0 Å². The molecule has 0 aliphatic carbocycles. The summed E-state index contributed by atoms with van der Waals surface area (Å²) < 4.78 is 38.3. The molecule has 0 fully saturated rings. The molecule has 1 rings (SSSR count). The van der Waals surface area contributed by atoms with Crippen LogP contribution in [-0.2, 0) is 16.0 Å². The molecule has 100 valence electrons. The van der Waals surface area contributed by atoms with E-state index in [1.54, 1.807) is 12.1 Å². The van der Waals surface area contributed by atoms with Crippen molar-refractivity contribution in [3.8, 4) is 11.5 Å². The average molecular weight is 260 g/mol. The second-order valence-corrected chi connectivity index (χ2v) is 3.43. The zero-order valence-corrected chi connectivity index (χ0v) is 10.1. The highest BCUT2D eigenvalue weighted by atomic mass is 19.3. The summed E-state index contributed by atoms with van der Waals surface area (Å²) in [5.74, 6) is 0.00883. The quantitative estimate of drug-likeness (QED) is 0.737.